The third kappa shape index (κ3) is 11.6. The van der Waals surface area contributed by atoms with Crippen molar-refractivity contribution in [2.45, 2.75) is 106 Å². The van der Waals surface area contributed by atoms with Crippen LogP contribution in [0.2, 0.25) is 0 Å². The molecule has 0 aromatic heterocycles. The van der Waals surface area contributed by atoms with Gasteiger partial charge in [0.25, 0.3) is 0 Å². The summed E-state index contributed by atoms with van der Waals surface area (Å²) < 4.78 is 25.4. The molecule has 158 valence electrons. The van der Waals surface area contributed by atoms with E-state index in [1.54, 1.807) is 0 Å². The van der Waals surface area contributed by atoms with Crippen LogP contribution in [0.1, 0.15) is 93.4 Å². The van der Waals surface area contributed by atoms with Crippen molar-refractivity contribution in [2.75, 3.05) is 6.54 Å². The SMILES string of the molecule is CCCC/C(NCCCC(C)C)=C(/CCC#N)P(=O)(OC(C)C)OC(C)C. The van der Waals surface area contributed by atoms with Crippen LogP contribution in [0.5, 0.6) is 0 Å². The van der Waals surface area contributed by atoms with Crippen molar-refractivity contribution in [3.8, 4) is 6.07 Å². The highest BCUT2D eigenvalue weighted by atomic mass is 31.2. The molecule has 0 saturated carbocycles. The van der Waals surface area contributed by atoms with E-state index in [4.69, 9.17) is 14.3 Å². The Morgan fingerprint density at radius 1 is 1.04 bits per heavy atom. The molecule has 0 heterocycles. The van der Waals surface area contributed by atoms with Gasteiger partial charge in [0.15, 0.2) is 0 Å². The zero-order valence-electron chi connectivity index (χ0n) is 18.5. The first-order chi connectivity index (χ1) is 12.7. The standard InChI is InChI=1S/C21H41N2O3P/c1-8-9-13-20(23-16-11-12-17(2)3)21(14-10-15-22)27(24,25-18(4)5)26-19(6)7/h17-19,23H,8-14,16H2,1-7H3/b21-20+. The molecule has 0 aliphatic carbocycles. The fourth-order valence-electron chi connectivity index (χ4n) is 2.77. The summed E-state index contributed by atoms with van der Waals surface area (Å²) in [5, 5.41) is 13.3. The van der Waals surface area contributed by atoms with Crippen LogP contribution in [-0.4, -0.2) is 18.8 Å². The van der Waals surface area contributed by atoms with Gasteiger partial charge in [-0.1, -0.05) is 27.2 Å². The minimum absolute atomic E-state index is 0.222. The van der Waals surface area contributed by atoms with Gasteiger partial charge in [-0.3, -0.25) is 4.57 Å². The van der Waals surface area contributed by atoms with Crippen LogP contribution >= 0.6 is 7.60 Å². The first-order valence-corrected chi connectivity index (χ1v) is 12.0. The predicted octanol–water partition coefficient (Wildman–Crippen LogP) is 6.76. The summed E-state index contributed by atoms with van der Waals surface area (Å²) in [5.41, 5.74) is 0.945. The lowest BCUT2D eigenvalue weighted by Gasteiger charge is -2.27. The summed E-state index contributed by atoms with van der Waals surface area (Å²) in [4.78, 5) is 0. The molecule has 0 radical (unpaired) electrons. The maximum atomic E-state index is 13.7. The predicted molar refractivity (Wildman–Crippen MR) is 114 cm³/mol. The van der Waals surface area contributed by atoms with E-state index < -0.39 is 7.60 Å². The fraction of sp³-hybridized carbons (Fsp3) is 0.857. The van der Waals surface area contributed by atoms with Gasteiger partial charge >= 0.3 is 7.60 Å². The summed E-state index contributed by atoms with van der Waals surface area (Å²) in [6.45, 7) is 14.8. The molecular weight excluding hydrogens is 359 g/mol. The molecule has 0 aliphatic rings. The molecule has 5 nitrogen and oxygen atoms in total. The molecule has 0 unspecified atom stereocenters. The Kier molecular flexibility index (Phi) is 13.8. The number of hydrogen-bond acceptors (Lipinski definition) is 5. The van der Waals surface area contributed by atoms with E-state index in [0.29, 0.717) is 24.1 Å². The van der Waals surface area contributed by atoms with Crippen molar-refractivity contribution >= 4 is 7.60 Å². The number of nitrogens with zero attached hydrogens (tertiary/aromatic N) is 1. The minimum atomic E-state index is -3.47. The molecule has 1 N–H and O–H groups in total. The lowest BCUT2D eigenvalue weighted by atomic mass is 10.1. The molecule has 0 bridgehead atoms. The number of allylic oxidation sites excluding steroid dienone is 2. The van der Waals surface area contributed by atoms with Gasteiger partial charge in [0.05, 0.1) is 23.6 Å². The van der Waals surface area contributed by atoms with Crippen LogP contribution in [0.15, 0.2) is 11.0 Å². The third-order valence-electron chi connectivity index (χ3n) is 3.93. The highest BCUT2D eigenvalue weighted by Crippen LogP contribution is 2.60. The first kappa shape index (κ1) is 26.2. The second-order valence-corrected chi connectivity index (χ2v) is 9.91. The molecule has 0 fully saturated rings. The largest absolute Gasteiger partial charge is 0.388 e. The van der Waals surface area contributed by atoms with E-state index in [1.807, 2.05) is 27.7 Å². The Labute approximate surface area is 167 Å². The van der Waals surface area contributed by atoms with Crippen LogP contribution in [-0.2, 0) is 13.6 Å². The fourth-order valence-corrected chi connectivity index (χ4v) is 5.09. The third-order valence-corrected chi connectivity index (χ3v) is 6.48. The van der Waals surface area contributed by atoms with Crippen LogP contribution in [0.3, 0.4) is 0 Å². The highest BCUT2D eigenvalue weighted by Gasteiger charge is 2.35. The maximum absolute atomic E-state index is 13.7. The van der Waals surface area contributed by atoms with E-state index in [2.05, 4.69) is 32.2 Å². The summed E-state index contributed by atoms with van der Waals surface area (Å²) in [6.07, 6.45) is 5.29. The summed E-state index contributed by atoms with van der Waals surface area (Å²) in [5.74, 6) is 0.660. The molecule has 0 aliphatic heterocycles. The number of hydrogen-bond donors (Lipinski definition) is 1. The van der Waals surface area contributed by atoms with E-state index in [0.717, 1.165) is 44.3 Å². The van der Waals surface area contributed by atoms with E-state index in [9.17, 15) is 4.57 Å². The number of nitrogens with one attached hydrogen (secondary N) is 1. The lowest BCUT2D eigenvalue weighted by molar-refractivity contribution is 0.146. The van der Waals surface area contributed by atoms with Gasteiger partial charge in [0.2, 0.25) is 0 Å². The molecule has 0 atom stereocenters. The summed E-state index contributed by atoms with van der Waals surface area (Å²) >= 11 is 0. The molecule has 27 heavy (non-hydrogen) atoms. The zero-order chi connectivity index (χ0) is 20.9. The summed E-state index contributed by atoms with van der Waals surface area (Å²) in [7, 11) is -3.47. The number of rotatable bonds is 15. The van der Waals surface area contributed by atoms with Gasteiger partial charge < -0.3 is 14.4 Å². The lowest BCUT2D eigenvalue weighted by Crippen LogP contribution is -2.20. The van der Waals surface area contributed by atoms with Crippen LogP contribution < -0.4 is 5.32 Å². The average molecular weight is 401 g/mol. The Bertz CT molecular complexity index is 508. The Hall–Kier alpha value is -0.820. The van der Waals surface area contributed by atoms with Gasteiger partial charge in [0, 0.05) is 18.7 Å². The number of unbranched alkanes of at least 4 members (excludes halogenated alkanes) is 1. The molecule has 6 heteroatoms. The average Bonchev–Trinajstić information content (AvgIpc) is 2.53. The van der Waals surface area contributed by atoms with Crippen LogP contribution in [0, 0.1) is 17.2 Å². The second-order valence-electron chi connectivity index (χ2n) is 7.96. The highest BCUT2D eigenvalue weighted by molar-refractivity contribution is 7.58. The number of nitriles is 1. The molecule has 0 aromatic rings. The molecule has 0 rings (SSSR count). The van der Waals surface area contributed by atoms with Crippen LogP contribution in [0.25, 0.3) is 0 Å². The van der Waals surface area contributed by atoms with Crippen LogP contribution in [0.4, 0.5) is 0 Å². The van der Waals surface area contributed by atoms with Crippen molar-refractivity contribution in [1.82, 2.24) is 5.32 Å². The maximum Gasteiger partial charge on any atom is 0.359 e. The van der Waals surface area contributed by atoms with Crippen molar-refractivity contribution in [3.63, 3.8) is 0 Å². The molecule has 0 spiro atoms. The van der Waals surface area contributed by atoms with Crippen molar-refractivity contribution in [2.24, 2.45) is 5.92 Å². The van der Waals surface area contributed by atoms with E-state index >= 15 is 0 Å². The van der Waals surface area contributed by atoms with Crippen molar-refractivity contribution < 1.29 is 13.6 Å². The van der Waals surface area contributed by atoms with Gasteiger partial charge in [-0.2, -0.15) is 5.26 Å². The quantitative estimate of drug-likeness (QED) is 0.243. The first-order valence-electron chi connectivity index (χ1n) is 10.5. The Morgan fingerprint density at radius 3 is 2.07 bits per heavy atom. The topological polar surface area (TPSA) is 71.4 Å². The van der Waals surface area contributed by atoms with Gasteiger partial charge in [-0.15, -0.1) is 0 Å². The van der Waals surface area contributed by atoms with Gasteiger partial charge in [0.1, 0.15) is 0 Å². The molecule has 0 saturated heterocycles. The second kappa shape index (κ2) is 14.2. The van der Waals surface area contributed by atoms with Gasteiger partial charge in [-0.25, -0.2) is 0 Å². The zero-order valence-corrected chi connectivity index (χ0v) is 19.4. The van der Waals surface area contributed by atoms with Crippen molar-refractivity contribution in [3.05, 3.63) is 11.0 Å². The van der Waals surface area contributed by atoms with E-state index in [1.165, 1.54) is 0 Å². The minimum Gasteiger partial charge on any atom is -0.388 e. The summed E-state index contributed by atoms with van der Waals surface area (Å²) in [6, 6.07) is 2.18. The van der Waals surface area contributed by atoms with Gasteiger partial charge in [-0.05, 0) is 65.7 Å². The molecule has 0 aromatic carbocycles. The van der Waals surface area contributed by atoms with E-state index in [-0.39, 0.29) is 12.2 Å². The Morgan fingerprint density at radius 2 is 1.63 bits per heavy atom. The van der Waals surface area contributed by atoms with Crippen molar-refractivity contribution in [1.29, 1.82) is 5.26 Å². The monoisotopic (exact) mass is 400 g/mol. The smallest absolute Gasteiger partial charge is 0.359 e. The molecule has 0 amide bonds. The normalized spacial score (nSPS) is 13.2. The Balaban J connectivity index is 5.82. The molecular formula is C21H41N2O3P.